The number of carbonyl (C=O) groups excluding carboxylic acids is 1. The number of nitro benzene ring substituents is 1. The summed E-state index contributed by atoms with van der Waals surface area (Å²) in [6.07, 6.45) is 2.81. The normalized spacial score (nSPS) is 12.0. The molecular weight excluding hydrogens is 315 g/mol. The quantitative estimate of drug-likeness (QED) is 0.444. The highest BCUT2D eigenvalue weighted by molar-refractivity contribution is 6.31. The fourth-order valence-corrected chi connectivity index (χ4v) is 2.60. The van der Waals surface area contributed by atoms with Crippen molar-refractivity contribution in [1.82, 2.24) is 5.32 Å². The molecule has 21 heavy (non-hydrogen) atoms. The van der Waals surface area contributed by atoms with Gasteiger partial charge in [-0.25, -0.2) is 0 Å². The average molecular weight is 333 g/mol. The van der Waals surface area contributed by atoms with E-state index in [9.17, 15) is 14.9 Å². The molecule has 0 aliphatic rings. The Hall–Kier alpha value is -1.33. The monoisotopic (exact) mass is 332 g/mol. The van der Waals surface area contributed by atoms with Gasteiger partial charge in [0.1, 0.15) is 0 Å². The number of nitrogens with one attached hydrogen (secondary N) is 1. The van der Waals surface area contributed by atoms with Crippen LogP contribution in [-0.2, 0) is 0 Å². The molecule has 0 saturated heterocycles. The Morgan fingerprint density at radius 2 is 2.10 bits per heavy atom. The summed E-state index contributed by atoms with van der Waals surface area (Å²) in [5, 5.41) is 13.7. The third-order valence-electron chi connectivity index (χ3n) is 3.12. The van der Waals surface area contributed by atoms with Crippen LogP contribution in [0.1, 0.15) is 36.5 Å². The lowest BCUT2D eigenvalue weighted by Gasteiger charge is -2.15. The smallest absolute Gasteiger partial charge is 0.271 e. The van der Waals surface area contributed by atoms with E-state index in [1.54, 1.807) is 0 Å². The largest absolute Gasteiger partial charge is 0.352 e. The standard InChI is InChI=1S/C14H18Cl2N2O3/c1-2-3-10(4-5-15)9-17-14(19)11-6-12(16)8-13(7-11)18(20)21/h6-8,10H,2-5,9H2,1H3,(H,17,19). The Morgan fingerprint density at radius 3 is 2.67 bits per heavy atom. The van der Waals surface area contributed by atoms with Gasteiger partial charge in [0, 0.05) is 35.1 Å². The Morgan fingerprint density at radius 1 is 1.38 bits per heavy atom. The first-order valence-corrected chi connectivity index (χ1v) is 7.68. The molecule has 1 atom stereocenters. The number of rotatable bonds is 8. The first-order chi connectivity index (χ1) is 9.97. The molecule has 1 unspecified atom stereocenters. The zero-order chi connectivity index (χ0) is 15.8. The van der Waals surface area contributed by atoms with E-state index in [0.717, 1.165) is 19.3 Å². The zero-order valence-electron chi connectivity index (χ0n) is 11.8. The van der Waals surface area contributed by atoms with E-state index in [1.807, 2.05) is 0 Å². The lowest BCUT2D eigenvalue weighted by molar-refractivity contribution is -0.384. The van der Waals surface area contributed by atoms with Crippen LogP contribution in [0.2, 0.25) is 5.02 Å². The number of hydrogen-bond acceptors (Lipinski definition) is 3. The number of alkyl halides is 1. The van der Waals surface area contributed by atoms with Gasteiger partial charge in [0.15, 0.2) is 0 Å². The molecule has 0 aromatic heterocycles. The van der Waals surface area contributed by atoms with Crippen LogP contribution in [0.5, 0.6) is 0 Å². The van der Waals surface area contributed by atoms with Crippen LogP contribution in [0.3, 0.4) is 0 Å². The van der Waals surface area contributed by atoms with E-state index < -0.39 is 4.92 Å². The molecule has 1 N–H and O–H groups in total. The second-order valence-electron chi connectivity index (χ2n) is 4.80. The predicted octanol–water partition coefficient (Wildman–Crippen LogP) is 4.02. The fourth-order valence-electron chi connectivity index (χ4n) is 2.06. The molecule has 1 rings (SSSR count). The highest BCUT2D eigenvalue weighted by atomic mass is 35.5. The maximum absolute atomic E-state index is 12.1. The third kappa shape index (κ3) is 5.89. The van der Waals surface area contributed by atoms with Crippen LogP contribution in [0.4, 0.5) is 5.69 Å². The summed E-state index contributed by atoms with van der Waals surface area (Å²) in [5.74, 6) is 0.491. The van der Waals surface area contributed by atoms with Gasteiger partial charge in [-0.15, -0.1) is 11.6 Å². The van der Waals surface area contributed by atoms with Crippen LogP contribution in [0, 0.1) is 16.0 Å². The van der Waals surface area contributed by atoms with E-state index in [4.69, 9.17) is 23.2 Å². The molecule has 0 spiro atoms. The molecule has 1 aromatic carbocycles. The topological polar surface area (TPSA) is 72.2 Å². The number of nitro groups is 1. The first-order valence-electron chi connectivity index (χ1n) is 6.77. The molecule has 116 valence electrons. The van der Waals surface area contributed by atoms with Crippen molar-refractivity contribution < 1.29 is 9.72 Å². The Labute approximate surface area is 133 Å². The summed E-state index contributed by atoms with van der Waals surface area (Å²) in [6, 6.07) is 3.85. The lowest BCUT2D eigenvalue weighted by atomic mass is 10.0. The molecule has 7 heteroatoms. The molecule has 0 fully saturated rings. The summed E-state index contributed by atoms with van der Waals surface area (Å²) in [5.41, 5.74) is -0.00571. The van der Waals surface area contributed by atoms with Gasteiger partial charge in [0.2, 0.25) is 0 Å². The summed E-state index contributed by atoms with van der Waals surface area (Å²) < 4.78 is 0. The number of amides is 1. The minimum absolute atomic E-state index is 0.167. The van der Waals surface area contributed by atoms with Crippen molar-refractivity contribution in [3.63, 3.8) is 0 Å². The number of carbonyl (C=O) groups is 1. The summed E-state index contributed by atoms with van der Waals surface area (Å²) in [6.45, 7) is 2.57. The van der Waals surface area contributed by atoms with Crippen LogP contribution >= 0.6 is 23.2 Å². The SMILES string of the molecule is CCCC(CCCl)CNC(=O)c1cc(Cl)cc([N+](=O)[O-])c1. The van der Waals surface area contributed by atoms with Gasteiger partial charge in [-0.05, 0) is 24.8 Å². The molecule has 0 heterocycles. The number of nitrogens with zero attached hydrogens (tertiary/aromatic N) is 1. The van der Waals surface area contributed by atoms with E-state index in [-0.39, 0.29) is 22.2 Å². The Bertz CT molecular complexity index is 503. The molecule has 0 aliphatic carbocycles. The Balaban J connectivity index is 2.72. The van der Waals surface area contributed by atoms with Gasteiger partial charge in [-0.1, -0.05) is 24.9 Å². The minimum atomic E-state index is -0.573. The fraction of sp³-hybridized carbons (Fsp3) is 0.500. The second-order valence-corrected chi connectivity index (χ2v) is 5.61. The lowest BCUT2D eigenvalue weighted by Crippen LogP contribution is -2.29. The van der Waals surface area contributed by atoms with Gasteiger partial charge in [0.05, 0.1) is 4.92 Å². The number of benzene rings is 1. The van der Waals surface area contributed by atoms with Gasteiger partial charge >= 0.3 is 0 Å². The van der Waals surface area contributed by atoms with Gasteiger partial charge in [-0.2, -0.15) is 0 Å². The highest BCUT2D eigenvalue weighted by Gasteiger charge is 2.15. The number of halogens is 2. The molecule has 0 saturated carbocycles. The molecule has 1 amide bonds. The van der Waals surface area contributed by atoms with E-state index in [2.05, 4.69) is 12.2 Å². The van der Waals surface area contributed by atoms with Gasteiger partial charge in [-0.3, -0.25) is 14.9 Å². The van der Waals surface area contributed by atoms with Crippen LogP contribution in [-0.4, -0.2) is 23.3 Å². The maximum atomic E-state index is 12.1. The molecule has 5 nitrogen and oxygen atoms in total. The van der Waals surface area contributed by atoms with Crippen molar-refractivity contribution in [2.75, 3.05) is 12.4 Å². The Kier molecular flexibility index (Phi) is 7.47. The zero-order valence-corrected chi connectivity index (χ0v) is 13.3. The van der Waals surface area contributed by atoms with Gasteiger partial charge < -0.3 is 5.32 Å². The van der Waals surface area contributed by atoms with Gasteiger partial charge in [0.25, 0.3) is 11.6 Å². The first kappa shape index (κ1) is 17.7. The van der Waals surface area contributed by atoms with Crippen LogP contribution < -0.4 is 5.32 Å². The number of non-ortho nitro benzene ring substituents is 1. The van der Waals surface area contributed by atoms with E-state index in [1.165, 1.54) is 18.2 Å². The third-order valence-corrected chi connectivity index (χ3v) is 3.56. The van der Waals surface area contributed by atoms with Crippen LogP contribution in [0.15, 0.2) is 18.2 Å². The molecular formula is C14H18Cl2N2O3. The van der Waals surface area contributed by atoms with Crippen LogP contribution in [0.25, 0.3) is 0 Å². The van der Waals surface area contributed by atoms with E-state index in [0.29, 0.717) is 18.3 Å². The maximum Gasteiger partial charge on any atom is 0.271 e. The van der Waals surface area contributed by atoms with Crippen molar-refractivity contribution in [2.24, 2.45) is 5.92 Å². The predicted molar refractivity (Wildman–Crippen MR) is 84.2 cm³/mol. The van der Waals surface area contributed by atoms with Crippen molar-refractivity contribution in [2.45, 2.75) is 26.2 Å². The second kappa shape index (κ2) is 8.85. The minimum Gasteiger partial charge on any atom is -0.352 e. The summed E-state index contributed by atoms with van der Waals surface area (Å²) in [4.78, 5) is 22.3. The van der Waals surface area contributed by atoms with Crippen molar-refractivity contribution >= 4 is 34.8 Å². The molecule has 0 bridgehead atoms. The van der Waals surface area contributed by atoms with E-state index >= 15 is 0 Å². The van der Waals surface area contributed by atoms with Crippen molar-refractivity contribution in [1.29, 1.82) is 0 Å². The summed E-state index contributed by atoms with van der Waals surface area (Å²) >= 11 is 11.5. The molecule has 0 aliphatic heterocycles. The average Bonchev–Trinajstić information content (AvgIpc) is 2.44. The highest BCUT2D eigenvalue weighted by Crippen LogP contribution is 2.21. The molecule has 1 aromatic rings. The number of hydrogen-bond donors (Lipinski definition) is 1. The van der Waals surface area contributed by atoms with Crippen molar-refractivity contribution in [3.05, 3.63) is 38.9 Å². The summed E-state index contributed by atoms with van der Waals surface area (Å²) in [7, 11) is 0. The van der Waals surface area contributed by atoms with Crippen molar-refractivity contribution in [3.8, 4) is 0 Å². The molecule has 0 radical (unpaired) electrons.